The summed E-state index contributed by atoms with van der Waals surface area (Å²) in [6.07, 6.45) is 0. The van der Waals surface area contributed by atoms with E-state index in [1.165, 1.54) is 7.11 Å². The molecule has 7 heteroatoms. The van der Waals surface area contributed by atoms with Gasteiger partial charge in [-0.1, -0.05) is 12.1 Å². The molecular weight excluding hydrogens is 412 g/mol. The zero-order chi connectivity index (χ0) is 20.0. The van der Waals surface area contributed by atoms with Gasteiger partial charge in [0.25, 0.3) is 0 Å². The zero-order valence-corrected chi connectivity index (χ0v) is 17.3. The average molecular weight is 435 g/mol. The standard InChI is InChI=1S/C20H23BrN2O4/c1-12-5-6-15(20(25)27-4)10-17(12)23-19(24)11-22-13(2)14-7-8-18(26-3)16(21)9-14/h5-10,13,22H,11H2,1-4H3,(H,23,24). The summed E-state index contributed by atoms with van der Waals surface area (Å²) >= 11 is 3.46. The monoisotopic (exact) mass is 434 g/mol. The topological polar surface area (TPSA) is 76.7 Å². The molecule has 1 atom stereocenters. The first-order valence-corrected chi connectivity index (χ1v) is 9.20. The third-order valence-corrected chi connectivity index (χ3v) is 4.80. The summed E-state index contributed by atoms with van der Waals surface area (Å²) in [5.74, 6) is 0.117. The molecule has 0 saturated carbocycles. The molecule has 1 unspecified atom stereocenters. The summed E-state index contributed by atoms with van der Waals surface area (Å²) in [5, 5.41) is 6.01. The van der Waals surface area contributed by atoms with Crippen molar-refractivity contribution in [2.24, 2.45) is 0 Å². The Morgan fingerprint density at radius 3 is 2.52 bits per heavy atom. The van der Waals surface area contributed by atoms with Crippen molar-refractivity contribution < 1.29 is 19.1 Å². The molecule has 2 aromatic rings. The van der Waals surface area contributed by atoms with Crippen molar-refractivity contribution in [3.63, 3.8) is 0 Å². The van der Waals surface area contributed by atoms with Crippen LogP contribution in [0.4, 0.5) is 5.69 Å². The number of aryl methyl sites for hydroxylation is 1. The molecule has 0 fully saturated rings. The van der Waals surface area contributed by atoms with E-state index in [2.05, 4.69) is 26.6 Å². The molecule has 0 aliphatic rings. The number of carbonyl (C=O) groups excluding carboxylic acids is 2. The smallest absolute Gasteiger partial charge is 0.337 e. The lowest BCUT2D eigenvalue weighted by Gasteiger charge is -2.16. The molecule has 0 radical (unpaired) electrons. The fraction of sp³-hybridized carbons (Fsp3) is 0.300. The molecule has 0 aliphatic heterocycles. The van der Waals surface area contributed by atoms with Gasteiger partial charge in [0, 0.05) is 11.7 Å². The highest BCUT2D eigenvalue weighted by atomic mass is 79.9. The second-order valence-electron chi connectivity index (χ2n) is 6.07. The van der Waals surface area contributed by atoms with E-state index in [4.69, 9.17) is 9.47 Å². The van der Waals surface area contributed by atoms with Crippen LogP contribution in [0, 0.1) is 6.92 Å². The number of amides is 1. The maximum absolute atomic E-state index is 12.3. The van der Waals surface area contributed by atoms with Gasteiger partial charge in [0.15, 0.2) is 0 Å². The number of rotatable bonds is 7. The highest BCUT2D eigenvalue weighted by molar-refractivity contribution is 9.10. The predicted octanol–water partition coefficient (Wildman–Crippen LogP) is 3.84. The third kappa shape index (κ3) is 5.55. The van der Waals surface area contributed by atoms with Crippen molar-refractivity contribution >= 4 is 33.5 Å². The van der Waals surface area contributed by atoms with Gasteiger partial charge in [0.2, 0.25) is 5.91 Å². The summed E-state index contributed by atoms with van der Waals surface area (Å²) < 4.78 is 10.8. The SMILES string of the molecule is COC(=O)c1ccc(C)c(NC(=O)CNC(C)c2ccc(OC)c(Br)c2)c1. The number of halogens is 1. The van der Waals surface area contributed by atoms with Crippen LogP contribution >= 0.6 is 15.9 Å². The molecule has 0 aromatic heterocycles. The zero-order valence-electron chi connectivity index (χ0n) is 15.8. The largest absolute Gasteiger partial charge is 0.496 e. The summed E-state index contributed by atoms with van der Waals surface area (Å²) in [6.45, 7) is 3.97. The quantitative estimate of drug-likeness (QED) is 0.647. The highest BCUT2D eigenvalue weighted by Gasteiger charge is 2.13. The first-order chi connectivity index (χ1) is 12.8. The first kappa shape index (κ1) is 20.9. The van der Waals surface area contributed by atoms with Gasteiger partial charge in [-0.15, -0.1) is 0 Å². The number of anilines is 1. The number of hydrogen-bond donors (Lipinski definition) is 2. The molecular formula is C20H23BrN2O4. The third-order valence-electron chi connectivity index (χ3n) is 4.18. The number of esters is 1. The number of nitrogens with one attached hydrogen (secondary N) is 2. The second-order valence-corrected chi connectivity index (χ2v) is 6.92. The van der Waals surface area contributed by atoms with Gasteiger partial charge in [-0.25, -0.2) is 4.79 Å². The summed E-state index contributed by atoms with van der Waals surface area (Å²) in [7, 11) is 2.94. The Morgan fingerprint density at radius 1 is 1.15 bits per heavy atom. The highest BCUT2D eigenvalue weighted by Crippen LogP contribution is 2.28. The second kappa shape index (κ2) is 9.53. The van der Waals surface area contributed by atoms with E-state index in [0.29, 0.717) is 11.3 Å². The van der Waals surface area contributed by atoms with E-state index in [1.54, 1.807) is 25.3 Å². The van der Waals surface area contributed by atoms with Crippen molar-refractivity contribution in [2.75, 3.05) is 26.1 Å². The van der Waals surface area contributed by atoms with E-state index in [9.17, 15) is 9.59 Å². The number of hydrogen-bond acceptors (Lipinski definition) is 5. The Labute approximate surface area is 167 Å². The molecule has 27 heavy (non-hydrogen) atoms. The molecule has 0 spiro atoms. The molecule has 2 aromatic carbocycles. The van der Waals surface area contributed by atoms with Crippen LogP contribution in [0.3, 0.4) is 0 Å². The van der Waals surface area contributed by atoms with Gasteiger partial charge in [-0.05, 0) is 65.2 Å². The Bertz CT molecular complexity index is 839. The number of ether oxygens (including phenoxy) is 2. The molecule has 2 N–H and O–H groups in total. The van der Waals surface area contributed by atoms with Crippen molar-refractivity contribution in [3.05, 3.63) is 57.6 Å². The molecule has 2 rings (SSSR count). The van der Waals surface area contributed by atoms with Crippen molar-refractivity contribution in [2.45, 2.75) is 19.9 Å². The van der Waals surface area contributed by atoms with Gasteiger partial charge in [-0.3, -0.25) is 4.79 Å². The molecule has 0 heterocycles. The van der Waals surface area contributed by atoms with Crippen LogP contribution in [0.5, 0.6) is 5.75 Å². The molecule has 1 amide bonds. The summed E-state index contributed by atoms with van der Waals surface area (Å²) in [5.41, 5.74) is 2.87. The minimum absolute atomic E-state index is 0.0274. The fourth-order valence-corrected chi connectivity index (χ4v) is 3.07. The number of methoxy groups -OCH3 is 2. The maximum Gasteiger partial charge on any atom is 0.337 e. The lowest BCUT2D eigenvalue weighted by Crippen LogP contribution is -2.30. The van der Waals surface area contributed by atoms with Gasteiger partial charge < -0.3 is 20.1 Å². The van der Waals surface area contributed by atoms with Gasteiger partial charge in [-0.2, -0.15) is 0 Å². The minimum Gasteiger partial charge on any atom is -0.496 e. The Balaban J connectivity index is 1.98. The lowest BCUT2D eigenvalue weighted by molar-refractivity contribution is -0.115. The molecule has 0 bridgehead atoms. The van der Waals surface area contributed by atoms with Crippen LogP contribution in [0.1, 0.15) is 34.5 Å². The Hall–Kier alpha value is -2.38. The lowest BCUT2D eigenvalue weighted by atomic mass is 10.1. The Kier molecular flexibility index (Phi) is 7.38. The van der Waals surface area contributed by atoms with Crippen LogP contribution < -0.4 is 15.4 Å². The maximum atomic E-state index is 12.3. The number of carbonyl (C=O) groups is 2. The van der Waals surface area contributed by atoms with E-state index in [0.717, 1.165) is 21.3 Å². The summed E-state index contributed by atoms with van der Waals surface area (Å²) in [4.78, 5) is 23.9. The van der Waals surface area contributed by atoms with E-state index in [1.807, 2.05) is 32.0 Å². The minimum atomic E-state index is -0.442. The molecule has 0 aliphatic carbocycles. The van der Waals surface area contributed by atoms with Gasteiger partial charge in [0.1, 0.15) is 5.75 Å². The Morgan fingerprint density at radius 2 is 1.89 bits per heavy atom. The van der Waals surface area contributed by atoms with Crippen LogP contribution in [0.2, 0.25) is 0 Å². The number of benzene rings is 2. The van der Waals surface area contributed by atoms with Crippen LogP contribution in [-0.4, -0.2) is 32.6 Å². The van der Waals surface area contributed by atoms with E-state index >= 15 is 0 Å². The fourth-order valence-electron chi connectivity index (χ4n) is 2.51. The normalized spacial score (nSPS) is 11.6. The first-order valence-electron chi connectivity index (χ1n) is 8.41. The van der Waals surface area contributed by atoms with Crippen molar-refractivity contribution in [3.8, 4) is 5.75 Å². The predicted molar refractivity (Wildman–Crippen MR) is 108 cm³/mol. The molecule has 6 nitrogen and oxygen atoms in total. The van der Waals surface area contributed by atoms with Crippen LogP contribution in [-0.2, 0) is 9.53 Å². The van der Waals surface area contributed by atoms with Crippen LogP contribution in [0.25, 0.3) is 0 Å². The van der Waals surface area contributed by atoms with E-state index < -0.39 is 5.97 Å². The molecule has 144 valence electrons. The van der Waals surface area contributed by atoms with Crippen molar-refractivity contribution in [1.29, 1.82) is 0 Å². The molecule has 0 saturated heterocycles. The average Bonchev–Trinajstić information content (AvgIpc) is 2.67. The van der Waals surface area contributed by atoms with E-state index in [-0.39, 0.29) is 18.5 Å². The van der Waals surface area contributed by atoms with Gasteiger partial charge in [0.05, 0.1) is 30.8 Å². The summed E-state index contributed by atoms with van der Waals surface area (Å²) in [6, 6.07) is 10.8. The van der Waals surface area contributed by atoms with Gasteiger partial charge >= 0.3 is 5.97 Å². The van der Waals surface area contributed by atoms with Crippen molar-refractivity contribution in [1.82, 2.24) is 5.32 Å². The van der Waals surface area contributed by atoms with Crippen LogP contribution in [0.15, 0.2) is 40.9 Å².